The molecule has 0 saturated heterocycles. The fraction of sp³-hybridized carbons (Fsp3) is 1.00. The highest BCUT2D eigenvalue weighted by Gasteiger charge is 2.28. The van der Waals surface area contributed by atoms with Crippen LogP contribution in [0.25, 0.3) is 0 Å². The molecule has 0 rings (SSSR count). The van der Waals surface area contributed by atoms with Crippen LogP contribution in [0.2, 0.25) is 0 Å². The third-order valence-corrected chi connectivity index (χ3v) is 1.57. The van der Waals surface area contributed by atoms with E-state index in [1.807, 2.05) is 0 Å². The molecule has 0 radical (unpaired) electrons. The van der Waals surface area contributed by atoms with Crippen molar-refractivity contribution in [3.05, 3.63) is 0 Å². The predicted octanol–water partition coefficient (Wildman–Crippen LogP) is -4.55. The van der Waals surface area contributed by atoms with Crippen LogP contribution < -0.4 is 5.73 Å². The van der Waals surface area contributed by atoms with Crippen molar-refractivity contribution in [2.75, 3.05) is 13.2 Å². The molecule has 0 aliphatic heterocycles. The molecule has 0 spiro atoms. The Kier molecular flexibility index (Phi) is 10.0. The van der Waals surface area contributed by atoms with Crippen LogP contribution in [0.5, 0.6) is 0 Å². The number of aliphatic hydroxyl groups excluding tert-OH is 5. The summed E-state index contributed by atoms with van der Waals surface area (Å²) in [6.45, 7) is -0.911. The van der Waals surface area contributed by atoms with E-state index >= 15 is 0 Å². The first-order chi connectivity index (χ1) is 7.54. The van der Waals surface area contributed by atoms with Crippen LogP contribution in [0.4, 0.5) is 0 Å². The molecule has 0 fully saturated rings. The Hall–Kier alpha value is -0.130. The first-order valence-corrected chi connectivity index (χ1v) is 5.92. The van der Waals surface area contributed by atoms with Crippen molar-refractivity contribution in [1.29, 1.82) is 0 Å². The molecule has 0 aliphatic carbocycles. The van der Waals surface area contributed by atoms with Crippen molar-refractivity contribution < 1.29 is 44.8 Å². The van der Waals surface area contributed by atoms with Crippen LogP contribution >= 0.6 is 7.82 Å². The van der Waals surface area contributed by atoms with E-state index in [0.29, 0.717) is 0 Å². The van der Waals surface area contributed by atoms with Gasteiger partial charge in [0.15, 0.2) is 0 Å². The lowest BCUT2D eigenvalue weighted by atomic mass is 10.0. The van der Waals surface area contributed by atoms with E-state index in [1.165, 1.54) is 0 Å². The quantitative estimate of drug-likeness (QED) is 0.220. The number of nitrogens with two attached hydrogens (primary N) is 1. The van der Waals surface area contributed by atoms with Gasteiger partial charge in [0.2, 0.25) is 0 Å². The van der Waals surface area contributed by atoms with Gasteiger partial charge in [0.1, 0.15) is 18.3 Å². The maximum atomic E-state index is 9.04. The topological polar surface area (TPSA) is 205 Å². The average Bonchev–Trinajstić information content (AvgIpc) is 2.22. The van der Waals surface area contributed by atoms with Crippen LogP contribution in [0.1, 0.15) is 0 Å². The normalized spacial score (nSPS) is 18.6. The first-order valence-electron chi connectivity index (χ1n) is 4.36. The number of hydrogen-bond donors (Lipinski definition) is 9. The van der Waals surface area contributed by atoms with Gasteiger partial charge in [0, 0.05) is 6.54 Å². The van der Waals surface area contributed by atoms with Gasteiger partial charge in [-0.1, -0.05) is 0 Å². The molecule has 11 heteroatoms. The Labute approximate surface area is 96.8 Å². The molecular weight excluding hydrogens is 261 g/mol. The highest BCUT2D eigenvalue weighted by atomic mass is 31.2. The molecule has 17 heavy (non-hydrogen) atoms. The molecule has 106 valence electrons. The second-order valence-corrected chi connectivity index (χ2v) is 4.07. The van der Waals surface area contributed by atoms with Gasteiger partial charge in [0.25, 0.3) is 0 Å². The van der Waals surface area contributed by atoms with Gasteiger partial charge in [-0.25, -0.2) is 4.57 Å². The summed E-state index contributed by atoms with van der Waals surface area (Å²) in [6.07, 6.45) is -5.91. The molecular formula is C6H18NO9P. The molecule has 0 aromatic heterocycles. The summed E-state index contributed by atoms with van der Waals surface area (Å²) in [5.74, 6) is 0. The highest BCUT2D eigenvalue weighted by molar-refractivity contribution is 7.45. The Morgan fingerprint density at radius 1 is 0.941 bits per heavy atom. The van der Waals surface area contributed by atoms with E-state index in [2.05, 4.69) is 0 Å². The first kappa shape index (κ1) is 19.2. The SMILES string of the molecule is NC[C@H](O)[C@@H](O)[C@H](O)[C@H](O)CO.O=P(O)(O)O. The van der Waals surface area contributed by atoms with Crippen molar-refractivity contribution in [3.63, 3.8) is 0 Å². The van der Waals surface area contributed by atoms with Crippen molar-refractivity contribution in [2.24, 2.45) is 5.73 Å². The summed E-state index contributed by atoms with van der Waals surface area (Å²) in [6, 6.07) is 0. The molecule has 0 heterocycles. The lowest BCUT2D eigenvalue weighted by Gasteiger charge is -2.24. The van der Waals surface area contributed by atoms with Gasteiger partial charge in [-0.3, -0.25) is 0 Å². The van der Waals surface area contributed by atoms with Gasteiger partial charge in [0.05, 0.1) is 12.7 Å². The zero-order valence-electron chi connectivity index (χ0n) is 8.73. The van der Waals surface area contributed by atoms with Crippen LogP contribution in [0, 0.1) is 0 Å². The lowest BCUT2D eigenvalue weighted by Crippen LogP contribution is -2.48. The van der Waals surface area contributed by atoms with E-state index in [0.717, 1.165) is 0 Å². The van der Waals surface area contributed by atoms with Crippen LogP contribution in [0.3, 0.4) is 0 Å². The zero-order valence-corrected chi connectivity index (χ0v) is 9.63. The molecule has 10 nitrogen and oxygen atoms in total. The zero-order chi connectivity index (χ0) is 14.2. The molecule has 0 unspecified atom stereocenters. The maximum Gasteiger partial charge on any atom is 0.466 e. The van der Waals surface area contributed by atoms with Crippen molar-refractivity contribution in [1.82, 2.24) is 0 Å². The number of hydrogen-bond acceptors (Lipinski definition) is 7. The third-order valence-electron chi connectivity index (χ3n) is 1.57. The van der Waals surface area contributed by atoms with Gasteiger partial charge in [-0.2, -0.15) is 0 Å². The number of aliphatic hydroxyl groups is 5. The van der Waals surface area contributed by atoms with E-state index in [9.17, 15) is 0 Å². The van der Waals surface area contributed by atoms with Crippen LogP contribution in [-0.2, 0) is 4.57 Å². The summed E-state index contributed by atoms with van der Waals surface area (Å²) >= 11 is 0. The average molecular weight is 279 g/mol. The number of rotatable bonds is 5. The molecule has 0 aromatic carbocycles. The smallest absolute Gasteiger partial charge is 0.394 e. The number of phosphoric acid groups is 1. The van der Waals surface area contributed by atoms with Crippen molar-refractivity contribution >= 4 is 7.82 Å². The van der Waals surface area contributed by atoms with Gasteiger partial charge in [-0.15, -0.1) is 0 Å². The van der Waals surface area contributed by atoms with E-state index in [4.69, 9.17) is 50.5 Å². The summed E-state index contributed by atoms with van der Waals surface area (Å²) in [5, 5.41) is 44.2. The summed E-state index contributed by atoms with van der Waals surface area (Å²) in [5.41, 5.74) is 4.99. The van der Waals surface area contributed by atoms with Crippen LogP contribution in [-0.4, -0.2) is 77.8 Å². The maximum absolute atomic E-state index is 9.04. The minimum Gasteiger partial charge on any atom is -0.394 e. The van der Waals surface area contributed by atoms with E-state index in [1.54, 1.807) is 0 Å². The highest BCUT2D eigenvalue weighted by Crippen LogP contribution is 2.25. The molecule has 0 bridgehead atoms. The molecule has 10 N–H and O–H groups in total. The third kappa shape index (κ3) is 12.1. The summed E-state index contributed by atoms with van der Waals surface area (Å²) in [4.78, 5) is 21.6. The monoisotopic (exact) mass is 279 g/mol. The standard InChI is InChI=1S/C6H15NO5.H3O4P/c7-1-3(9)5(11)6(12)4(10)2-8;1-5(2,3)4/h3-6,8-12H,1-2,7H2;(H3,1,2,3,4)/t3-,4+,5+,6+;/m0./s1. The Morgan fingerprint density at radius 2 is 1.24 bits per heavy atom. The summed E-state index contributed by atoms with van der Waals surface area (Å²) in [7, 11) is -4.64. The molecule has 0 saturated carbocycles. The fourth-order valence-corrected chi connectivity index (χ4v) is 0.703. The molecule has 0 amide bonds. The molecule has 0 aromatic rings. The fourth-order valence-electron chi connectivity index (χ4n) is 0.703. The van der Waals surface area contributed by atoms with Crippen LogP contribution in [0.15, 0.2) is 0 Å². The Balaban J connectivity index is 0. The predicted molar refractivity (Wildman–Crippen MR) is 54.4 cm³/mol. The van der Waals surface area contributed by atoms with Gasteiger partial charge >= 0.3 is 7.82 Å². The van der Waals surface area contributed by atoms with Gasteiger partial charge < -0.3 is 45.9 Å². The van der Waals surface area contributed by atoms with E-state index in [-0.39, 0.29) is 6.54 Å². The van der Waals surface area contributed by atoms with Gasteiger partial charge in [-0.05, 0) is 0 Å². The van der Waals surface area contributed by atoms with Crippen molar-refractivity contribution in [2.45, 2.75) is 24.4 Å². The second-order valence-electron chi connectivity index (χ2n) is 3.05. The largest absolute Gasteiger partial charge is 0.466 e. The Morgan fingerprint density at radius 3 is 1.47 bits per heavy atom. The molecule has 4 atom stereocenters. The molecule has 0 aliphatic rings. The van der Waals surface area contributed by atoms with E-state index < -0.39 is 38.8 Å². The van der Waals surface area contributed by atoms with Crippen molar-refractivity contribution in [3.8, 4) is 0 Å². The minimum absolute atomic E-state index is 0.226. The minimum atomic E-state index is -4.64. The summed E-state index contributed by atoms with van der Waals surface area (Å²) < 4.78 is 8.88. The Bertz CT molecular complexity index is 211. The lowest BCUT2D eigenvalue weighted by molar-refractivity contribution is -0.112. The second kappa shape index (κ2) is 8.89.